The Bertz CT molecular complexity index is 423. The molecular formula is C10H14N2O3. The van der Waals surface area contributed by atoms with E-state index >= 15 is 0 Å². The van der Waals surface area contributed by atoms with Gasteiger partial charge in [0.1, 0.15) is 5.56 Å². The number of nitrogens with one attached hydrogen (secondary N) is 2. The number of hydroxylamine groups is 1. The summed E-state index contributed by atoms with van der Waals surface area (Å²) in [6.45, 7) is 5.57. The summed E-state index contributed by atoms with van der Waals surface area (Å²) >= 11 is 0. The number of carbonyl (C=O) groups excluding carboxylic acids is 1. The number of amides is 1. The standard InChI is InChI=1S/C10H14N2O3/c1-4-15-12-10(14)8-6(2)5-7(3)11-9(8)13/h5H,4H2,1-3H3,(H,11,13)(H,12,14). The van der Waals surface area contributed by atoms with Crippen molar-refractivity contribution in [2.45, 2.75) is 20.8 Å². The van der Waals surface area contributed by atoms with Crippen LogP contribution in [0.2, 0.25) is 0 Å². The van der Waals surface area contributed by atoms with Gasteiger partial charge in [0, 0.05) is 5.69 Å². The van der Waals surface area contributed by atoms with Gasteiger partial charge >= 0.3 is 0 Å². The normalized spacial score (nSPS) is 10.1. The van der Waals surface area contributed by atoms with Crippen molar-refractivity contribution in [3.05, 3.63) is 33.2 Å². The Balaban J connectivity index is 3.04. The number of carbonyl (C=O) groups is 1. The molecule has 0 radical (unpaired) electrons. The largest absolute Gasteiger partial charge is 0.326 e. The summed E-state index contributed by atoms with van der Waals surface area (Å²) in [6, 6.07) is 1.74. The van der Waals surface area contributed by atoms with Gasteiger partial charge in [-0.3, -0.25) is 14.4 Å². The van der Waals surface area contributed by atoms with E-state index in [-0.39, 0.29) is 5.56 Å². The lowest BCUT2D eigenvalue weighted by atomic mass is 10.1. The van der Waals surface area contributed by atoms with E-state index in [9.17, 15) is 9.59 Å². The first-order valence-corrected chi connectivity index (χ1v) is 4.69. The molecule has 1 amide bonds. The molecule has 82 valence electrons. The first-order chi connectivity index (χ1) is 7.06. The lowest BCUT2D eigenvalue weighted by Gasteiger charge is -2.06. The third kappa shape index (κ3) is 2.66. The number of hydrogen-bond acceptors (Lipinski definition) is 3. The van der Waals surface area contributed by atoms with E-state index < -0.39 is 11.5 Å². The summed E-state index contributed by atoms with van der Waals surface area (Å²) in [7, 11) is 0. The monoisotopic (exact) mass is 210 g/mol. The second kappa shape index (κ2) is 4.75. The molecule has 0 spiro atoms. The Morgan fingerprint density at radius 1 is 1.53 bits per heavy atom. The molecular weight excluding hydrogens is 196 g/mol. The molecule has 0 bridgehead atoms. The summed E-state index contributed by atoms with van der Waals surface area (Å²) in [5.41, 5.74) is 3.24. The van der Waals surface area contributed by atoms with Crippen LogP contribution in [-0.4, -0.2) is 17.5 Å². The number of rotatable bonds is 3. The number of aromatic nitrogens is 1. The molecule has 0 aliphatic rings. The Labute approximate surface area is 87.4 Å². The summed E-state index contributed by atoms with van der Waals surface area (Å²) in [5.74, 6) is -0.518. The SMILES string of the molecule is CCONC(=O)c1c(C)cc(C)[nH]c1=O. The van der Waals surface area contributed by atoms with E-state index in [1.165, 1.54) is 0 Å². The highest BCUT2D eigenvalue weighted by molar-refractivity contribution is 5.94. The maximum Gasteiger partial charge on any atom is 0.280 e. The zero-order valence-electron chi connectivity index (χ0n) is 9.01. The smallest absolute Gasteiger partial charge is 0.280 e. The number of hydrogen-bond donors (Lipinski definition) is 2. The predicted molar refractivity (Wildman–Crippen MR) is 55.6 cm³/mol. The maximum absolute atomic E-state index is 11.5. The summed E-state index contributed by atoms with van der Waals surface area (Å²) in [5, 5.41) is 0. The van der Waals surface area contributed by atoms with Crippen LogP contribution in [-0.2, 0) is 4.84 Å². The molecule has 2 N–H and O–H groups in total. The third-order valence-electron chi connectivity index (χ3n) is 1.90. The van der Waals surface area contributed by atoms with Gasteiger partial charge in [-0.2, -0.15) is 0 Å². The molecule has 0 saturated heterocycles. The van der Waals surface area contributed by atoms with Crippen molar-refractivity contribution in [2.24, 2.45) is 0 Å². The van der Waals surface area contributed by atoms with Gasteiger partial charge in [-0.05, 0) is 32.4 Å². The average Bonchev–Trinajstić information content (AvgIpc) is 2.12. The van der Waals surface area contributed by atoms with Crippen molar-refractivity contribution in [2.75, 3.05) is 6.61 Å². The lowest BCUT2D eigenvalue weighted by molar-refractivity contribution is 0.0362. The molecule has 5 heteroatoms. The van der Waals surface area contributed by atoms with Crippen molar-refractivity contribution in [3.8, 4) is 0 Å². The summed E-state index contributed by atoms with van der Waals surface area (Å²) in [6.07, 6.45) is 0. The molecule has 1 heterocycles. The maximum atomic E-state index is 11.5. The molecule has 0 unspecified atom stereocenters. The Kier molecular flexibility index (Phi) is 3.62. The minimum atomic E-state index is -0.518. The van der Waals surface area contributed by atoms with Crippen LogP contribution in [0.4, 0.5) is 0 Å². The van der Waals surface area contributed by atoms with E-state index in [2.05, 4.69) is 10.5 Å². The lowest BCUT2D eigenvalue weighted by Crippen LogP contribution is -2.31. The zero-order chi connectivity index (χ0) is 11.4. The molecule has 0 aliphatic heterocycles. The number of aromatic amines is 1. The minimum absolute atomic E-state index is 0.0917. The van der Waals surface area contributed by atoms with Crippen LogP contribution >= 0.6 is 0 Å². The Morgan fingerprint density at radius 3 is 2.73 bits per heavy atom. The first-order valence-electron chi connectivity index (χ1n) is 4.69. The highest BCUT2D eigenvalue weighted by Crippen LogP contribution is 2.02. The second-order valence-electron chi connectivity index (χ2n) is 3.20. The number of H-pyrrole nitrogens is 1. The van der Waals surface area contributed by atoms with Gasteiger partial charge in [0.2, 0.25) is 0 Å². The highest BCUT2D eigenvalue weighted by atomic mass is 16.6. The average molecular weight is 210 g/mol. The van der Waals surface area contributed by atoms with Crippen LogP contribution in [0.1, 0.15) is 28.5 Å². The van der Waals surface area contributed by atoms with Crippen molar-refractivity contribution in [3.63, 3.8) is 0 Å². The van der Waals surface area contributed by atoms with Gasteiger partial charge in [0.15, 0.2) is 0 Å². The molecule has 0 fully saturated rings. The summed E-state index contributed by atoms with van der Waals surface area (Å²) in [4.78, 5) is 30.3. The molecule has 1 aromatic heterocycles. The fraction of sp³-hybridized carbons (Fsp3) is 0.400. The molecule has 0 atom stereocenters. The van der Waals surface area contributed by atoms with E-state index in [4.69, 9.17) is 4.84 Å². The van der Waals surface area contributed by atoms with Crippen LogP contribution < -0.4 is 11.0 Å². The second-order valence-corrected chi connectivity index (χ2v) is 3.20. The van der Waals surface area contributed by atoms with Crippen LogP contribution in [0, 0.1) is 13.8 Å². The van der Waals surface area contributed by atoms with Gasteiger partial charge in [-0.25, -0.2) is 5.48 Å². The van der Waals surface area contributed by atoms with Gasteiger partial charge in [0.05, 0.1) is 6.61 Å². The van der Waals surface area contributed by atoms with E-state index in [0.29, 0.717) is 12.2 Å². The van der Waals surface area contributed by atoms with Crippen LogP contribution in [0.15, 0.2) is 10.9 Å². The fourth-order valence-electron chi connectivity index (χ4n) is 1.32. The first kappa shape index (κ1) is 11.5. The highest BCUT2D eigenvalue weighted by Gasteiger charge is 2.13. The van der Waals surface area contributed by atoms with E-state index in [0.717, 1.165) is 5.69 Å². The Hall–Kier alpha value is -1.62. The van der Waals surface area contributed by atoms with Gasteiger partial charge in [-0.1, -0.05) is 0 Å². The van der Waals surface area contributed by atoms with Gasteiger partial charge in [0.25, 0.3) is 11.5 Å². The van der Waals surface area contributed by atoms with Crippen LogP contribution in [0.25, 0.3) is 0 Å². The molecule has 5 nitrogen and oxygen atoms in total. The number of aryl methyl sites for hydroxylation is 2. The van der Waals surface area contributed by atoms with Crippen LogP contribution in [0.3, 0.4) is 0 Å². The molecule has 1 rings (SSSR count). The topological polar surface area (TPSA) is 71.2 Å². The minimum Gasteiger partial charge on any atom is -0.326 e. The van der Waals surface area contributed by atoms with E-state index in [1.54, 1.807) is 26.8 Å². The molecule has 0 aromatic carbocycles. The molecule has 15 heavy (non-hydrogen) atoms. The number of pyridine rings is 1. The van der Waals surface area contributed by atoms with Crippen molar-refractivity contribution >= 4 is 5.91 Å². The van der Waals surface area contributed by atoms with Crippen molar-refractivity contribution in [1.29, 1.82) is 0 Å². The molecule has 1 aromatic rings. The fourth-order valence-corrected chi connectivity index (χ4v) is 1.32. The third-order valence-corrected chi connectivity index (χ3v) is 1.90. The Morgan fingerprint density at radius 2 is 2.20 bits per heavy atom. The predicted octanol–water partition coefficient (Wildman–Crippen LogP) is 0.673. The zero-order valence-corrected chi connectivity index (χ0v) is 9.01. The van der Waals surface area contributed by atoms with Crippen LogP contribution in [0.5, 0.6) is 0 Å². The summed E-state index contributed by atoms with van der Waals surface area (Å²) < 4.78 is 0. The van der Waals surface area contributed by atoms with Gasteiger partial charge in [-0.15, -0.1) is 0 Å². The van der Waals surface area contributed by atoms with E-state index in [1.807, 2.05) is 0 Å². The quantitative estimate of drug-likeness (QED) is 0.720. The molecule has 0 saturated carbocycles. The van der Waals surface area contributed by atoms with Crippen molar-refractivity contribution in [1.82, 2.24) is 10.5 Å². The van der Waals surface area contributed by atoms with Crippen molar-refractivity contribution < 1.29 is 9.63 Å². The van der Waals surface area contributed by atoms with Gasteiger partial charge < -0.3 is 4.98 Å². The molecule has 0 aliphatic carbocycles.